The monoisotopic (exact) mass is 385 g/mol. The number of aromatic nitrogens is 1. The number of ether oxygens (including phenoxy) is 1. The number of aliphatic hydroxyl groups is 1. The first kappa shape index (κ1) is 19.2. The van der Waals surface area contributed by atoms with Crippen molar-refractivity contribution in [3.8, 4) is 11.6 Å². The maximum Gasteiger partial charge on any atom is 0.252 e. The molecule has 0 saturated carbocycles. The van der Waals surface area contributed by atoms with E-state index >= 15 is 0 Å². The second kappa shape index (κ2) is 7.57. The standard InChI is InChI=1S/C19H19N3O6/c1-9-14(18(21)25)16-13(28-9)5-4-12(15(16)11(7-23)17(20)24)27-8-10-3-2-6-22-19(10)26/h2-6,11,23H,7-8H2,1H3,(H2,20,24)(H2,21,25)(H,22,26). The molecular weight excluding hydrogens is 366 g/mol. The van der Waals surface area contributed by atoms with Crippen molar-refractivity contribution >= 4 is 22.8 Å². The molecule has 0 radical (unpaired) electrons. The number of pyridine rings is 1. The van der Waals surface area contributed by atoms with Crippen LogP contribution >= 0.6 is 0 Å². The molecule has 0 spiro atoms. The first-order chi connectivity index (χ1) is 13.3. The first-order valence-electron chi connectivity index (χ1n) is 8.36. The maximum absolute atomic E-state index is 12.0. The number of amides is 2. The molecule has 2 heterocycles. The topological polar surface area (TPSA) is 162 Å². The molecule has 3 rings (SSSR count). The van der Waals surface area contributed by atoms with Crippen LogP contribution in [0.1, 0.15) is 33.2 Å². The molecule has 0 bridgehead atoms. The molecule has 2 amide bonds. The molecule has 0 aliphatic rings. The summed E-state index contributed by atoms with van der Waals surface area (Å²) in [6, 6.07) is 6.35. The smallest absolute Gasteiger partial charge is 0.252 e. The predicted molar refractivity (Wildman–Crippen MR) is 98.7 cm³/mol. The Kier molecular flexibility index (Phi) is 5.18. The Labute approximate surface area is 159 Å². The Morgan fingerprint density at radius 2 is 2.04 bits per heavy atom. The van der Waals surface area contributed by atoms with Crippen LogP contribution in [-0.2, 0) is 11.4 Å². The van der Waals surface area contributed by atoms with Gasteiger partial charge in [0.1, 0.15) is 23.7 Å². The van der Waals surface area contributed by atoms with Gasteiger partial charge in [0, 0.05) is 17.1 Å². The van der Waals surface area contributed by atoms with Crippen LogP contribution < -0.4 is 16.2 Å². The minimum absolute atomic E-state index is 0.0716. The number of nitrogens with two attached hydrogens (primary N) is 2. The van der Waals surface area contributed by atoms with Crippen molar-refractivity contribution in [3.05, 3.63) is 52.9 Å². The SMILES string of the molecule is Cc1oc2ccc(OCc3cccnc3O)c(C(CO)C(N)=O)c2c1C(N)=O. The molecule has 2 aromatic heterocycles. The highest BCUT2D eigenvalue weighted by atomic mass is 16.5. The summed E-state index contributed by atoms with van der Waals surface area (Å²) in [5, 5.41) is 19.8. The van der Waals surface area contributed by atoms with Crippen LogP contribution in [0.15, 0.2) is 34.9 Å². The summed E-state index contributed by atoms with van der Waals surface area (Å²) in [6.45, 7) is 0.888. The van der Waals surface area contributed by atoms with Gasteiger partial charge in [-0.1, -0.05) is 0 Å². The molecular formula is C19H19N3O6. The van der Waals surface area contributed by atoms with Gasteiger partial charge in [0.25, 0.3) is 5.91 Å². The molecule has 28 heavy (non-hydrogen) atoms. The van der Waals surface area contributed by atoms with Gasteiger partial charge in [-0.25, -0.2) is 4.98 Å². The number of primary amides is 2. The summed E-state index contributed by atoms with van der Waals surface area (Å²) in [6.07, 6.45) is 1.43. The van der Waals surface area contributed by atoms with E-state index in [0.29, 0.717) is 11.1 Å². The second-order valence-electron chi connectivity index (χ2n) is 6.16. The summed E-state index contributed by atoms with van der Waals surface area (Å²) in [4.78, 5) is 27.7. The highest BCUT2D eigenvalue weighted by molar-refractivity contribution is 6.09. The number of nitrogens with zero attached hydrogens (tertiary/aromatic N) is 1. The van der Waals surface area contributed by atoms with Gasteiger partial charge in [0.15, 0.2) is 0 Å². The van der Waals surface area contributed by atoms with Crippen molar-refractivity contribution in [3.63, 3.8) is 0 Å². The van der Waals surface area contributed by atoms with Crippen LogP contribution in [-0.4, -0.2) is 33.6 Å². The highest BCUT2D eigenvalue weighted by Gasteiger charge is 2.29. The number of hydrogen-bond acceptors (Lipinski definition) is 7. The number of aryl methyl sites for hydroxylation is 1. The van der Waals surface area contributed by atoms with Crippen molar-refractivity contribution in [1.29, 1.82) is 0 Å². The van der Waals surface area contributed by atoms with E-state index in [1.165, 1.54) is 12.3 Å². The van der Waals surface area contributed by atoms with Crippen molar-refractivity contribution in [2.24, 2.45) is 11.5 Å². The molecule has 0 fully saturated rings. The normalized spacial score (nSPS) is 12.1. The van der Waals surface area contributed by atoms with Gasteiger partial charge in [0.2, 0.25) is 11.8 Å². The van der Waals surface area contributed by atoms with E-state index in [-0.39, 0.29) is 40.5 Å². The summed E-state index contributed by atoms with van der Waals surface area (Å²) in [5.41, 5.74) is 11.9. The Morgan fingerprint density at radius 3 is 2.64 bits per heavy atom. The Hall–Kier alpha value is -3.59. The molecule has 0 saturated heterocycles. The van der Waals surface area contributed by atoms with Crippen LogP contribution in [0, 0.1) is 6.92 Å². The molecule has 1 atom stereocenters. The molecule has 146 valence electrons. The Bertz CT molecular complexity index is 1060. The molecule has 9 heteroatoms. The average Bonchev–Trinajstić information content (AvgIpc) is 2.98. The Morgan fingerprint density at radius 1 is 1.29 bits per heavy atom. The lowest BCUT2D eigenvalue weighted by atomic mass is 9.92. The van der Waals surface area contributed by atoms with Crippen LogP contribution in [0.25, 0.3) is 11.0 Å². The van der Waals surface area contributed by atoms with Crippen molar-refractivity contribution in [2.75, 3.05) is 6.61 Å². The minimum Gasteiger partial charge on any atom is -0.493 e. The zero-order chi connectivity index (χ0) is 20.4. The third-order valence-electron chi connectivity index (χ3n) is 4.40. The molecule has 0 aliphatic heterocycles. The second-order valence-corrected chi connectivity index (χ2v) is 6.16. The van der Waals surface area contributed by atoms with E-state index in [1.54, 1.807) is 25.1 Å². The van der Waals surface area contributed by atoms with E-state index in [0.717, 1.165) is 0 Å². The fourth-order valence-corrected chi connectivity index (χ4v) is 3.11. The van der Waals surface area contributed by atoms with Crippen LogP contribution in [0.3, 0.4) is 0 Å². The number of hydrogen-bond donors (Lipinski definition) is 4. The summed E-state index contributed by atoms with van der Waals surface area (Å²) >= 11 is 0. The quantitative estimate of drug-likeness (QED) is 0.473. The number of aromatic hydroxyl groups is 1. The zero-order valence-electron chi connectivity index (χ0n) is 15.0. The summed E-state index contributed by atoms with van der Waals surface area (Å²) < 4.78 is 11.3. The van der Waals surface area contributed by atoms with Crippen molar-refractivity contribution < 1.29 is 29.0 Å². The molecule has 6 N–H and O–H groups in total. The number of carbonyl (C=O) groups is 2. The van der Waals surface area contributed by atoms with E-state index in [2.05, 4.69) is 4.98 Å². The fourth-order valence-electron chi connectivity index (χ4n) is 3.11. The Balaban J connectivity index is 2.18. The van der Waals surface area contributed by atoms with Gasteiger partial charge in [-0.3, -0.25) is 9.59 Å². The largest absolute Gasteiger partial charge is 0.493 e. The third kappa shape index (κ3) is 3.35. The van der Waals surface area contributed by atoms with Gasteiger partial charge in [-0.15, -0.1) is 0 Å². The maximum atomic E-state index is 12.0. The van der Waals surface area contributed by atoms with Crippen molar-refractivity contribution in [2.45, 2.75) is 19.4 Å². The first-order valence-corrected chi connectivity index (χ1v) is 8.36. The molecule has 1 aromatic carbocycles. The van der Waals surface area contributed by atoms with Gasteiger partial charge >= 0.3 is 0 Å². The van der Waals surface area contributed by atoms with Gasteiger partial charge < -0.3 is 30.8 Å². The van der Waals surface area contributed by atoms with E-state index in [1.807, 2.05) is 0 Å². The number of aliphatic hydroxyl groups excluding tert-OH is 1. The fraction of sp³-hybridized carbons (Fsp3) is 0.211. The number of rotatable bonds is 7. The number of benzene rings is 1. The number of fused-ring (bicyclic) bond motifs is 1. The van der Waals surface area contributed by atoms with E-state index in [4.69, 9.17) is 20.6 Å². The predicted octanol–water partition coefficient (Wildman–Crippen LogP) is 1.08. The summed E-state index contributed by atoms with van der Waals surface area (Å²) in [7, 11) is 0. The minimum atomic E-state index is -1.16. The van der Waals surface area contributed by atoms with E-state index in [9.17, 15) is 19.8 Å². The van der Waals surface area contributed by atoms with Gasteiger partial charge in [0.05, 0.1) is 23.7 Å². The molecule has 9 nitrogen and oxygen atoms in total. The highest BCUT2D eigenvalue weighted by Crippen LogP contribution is 2.39. The zero-order valence-corrected chi connectivity index (χ0v) is 15.0. The average molecular weight is 385 g/mol. The van der Waals surface area contributed by atoms with Crippen LogP contribution in [0.4, 0.5) is 0 Å². The molecule has 3 aromatic rings. The van der Waals surface area contributed by atoms with Gasteiger partial charge in [-0.2, -0.15) is 0 Å². The lowest BCUT2D eigenvalue weighted by molar-refractivity contribution is -0.120. The molecule has 1 unspecified atom stereocenters. The lowest BCUT2D eigenvalue weighted by Gasteiger charge is -2.18. The lowest BCUT2D eigenvalue weighted by Crippen LogP contribution is -2.25. The van der Waals surface area contributed by atoms with Crippen LogP contribution in [0.2, 0.25) is 0 Å². The van der Waals surface area contributed by atoms with Gasteiger partial charge in [-0.05, 0) is 31.2 Å². The van der Waals surface area contributed by atoms with Crippen molar-refractivity contribution in [1.82, 2.24) is 4.98 Å². The number of furan rings is 1. The number of carbonyl (C=O) groups excluding carboxylic acids is 2. The summed E-state index contributed by atoms with van der Waals surface area (Å²) in [5.74, 6) is -2.45. The third-order valence-corrected chi connectivity index (χ3v) is 4.40. The molecule has 0 aliphatic carbocycles. The van der Waals surface area contributed by atoms with Crippen LogP contribution in [0.5, 0.6) is 11.6 Å². The van der Waals surface area contributed by atoms with E-state index < -0.39 is 24.3 Å².